The maximum atomic E-state index is 15.5. The number of rotatable bonds is 18. The number of nitrogens with zero attached hydrogens (tertiary/aromatic N) is 3. The lowest BCUT2D eigenvalue weighted by atomic mass is 9.74. The molecule has 422 valence electrons. The smallest absolute Gasteiger partial charge is 0.252 e. The zero-order valence-corrected chi connectivity index (χ0v) is 45.3. The van der Waals surface area contributed by atoms with Crippen molar-refractivity contribution in [1.82, 2.24) is 36.0 Å². The van der Waals surface area contributed by atoms with E-state index in [2.05, 4.69) is 60.9 Å². The largest absolute Gasteiger partial charge is 0.383 e. The summed E-state index contributed by atoms with van der Waals surface area (Å²) >= 11 is 0. The predicted molar refractivity (Wildman–Crippen MR) is 290 cm³/mol. The summed E-state index contributed by atoms with van der Waals surface area (Å²) in [5.41, 5.74) is 1.22. The molecule has 5 amide bonds. The molecule has 7 N–H and O–H groups in total. The van der Waals surface area contributed by atoms with Crippen LogP contribution in [0.25, 0.3) is 0 Å². The molecule has 0 aliphatic carbocycles. The van der Waals surface area contributed by atoms with E-state index in [9.17, 15) is 23.6 Å². The van der Waals surface area contributed by atoms with E-state index in [1.807, 2.05) is 19.1 Å². The topological polar surface area (TPSA) is 215 Å². The molecule has 79 heavy (non-hydrogen) atoms. The zero-order valence-electron chi connectivity index (χ0n) is 45.3. The van der Waals surface area contributed by atoms with Gasteiger partial charge in [0.25, 0.3) is 5.91 Å². The molecule has 0 radical (unpaired) electrons. The van der Waals surface area contributed by atoms with Crippen LogP contribution in [0.3, 0.4) is 0 Å². The van der Waals surface area contributed by atoms with E-state index in [1.54, 1.807) is 44.3 Å². The van der Waals surface area contributed by atoms with Crippen LogP contribution < -0.4 is 37.2 Å². The van der Waals surface area contributed by atoms with Crippen LogP contribution in [0.15, 0.2) is 78.9 Å². The quantitative estimate of drug-likeness (QED) is 0.0704. The third kappa shape index (κ3) is 12.4. The number of morpholine rings is 1. The summed E-state index contributed by atoms with van der Waals surface area (Å²) in [4.78, 5) is 93.1. The molecule has 3 saturated heterocycles. The van der Waals surface area contributed by atoms with Gasteiger partial charge in [-0.1, -0.05) is 36.4 Å². The molecule has 0 saturated carbocycles. The Hall–Kier alpha value is -6.75. The number of hydrogen-bond acceptors (Lipinski definition) is 13. The molecular formula is C58H71F3N10O8. The van der Waals surface area contributed by atoms with Crippen LogP contribution in [0.2, 0.25) is 0 Å². The van der Waals surface area contributed by atoms with Crippen LogP contribution in [0.4, 0.5) is 30.2 Å². The van der Waals surface area contributed by atoms with Crippen molar-refractivity contribution in [1.29, 1.82) is 0 Å². The summed E-state index contributed by atoms with van der Waals surface area (Å²) in [5, 5.41) is 20.6. The lowest BCUT2D eigenvalue weighted by molar-refractivity contribution is -0.144. The number of likely N-dealkylation sites (N-methyl/N-ethyl adjacent to an activating group) is 1. The summed E-state index contributed by atoms with van der Waals surface area (Å²) in [6.45, 7) is 11.4. The van der Waals surface area contributed by atoms with Crippen molar-refractivity contribution in [2.24, 2.45) is 5.92 Å². The van der Waals surface area contributed by atoms with Crippen molar-refractivity contribution in [2.75, 3.05) is 88.7 Å². The fraction of sp³-hybridized carbons (Fsp3) is 0.483. The number of amides is 5. The third-order valence-electron chi connectivity index (χ3n) is 16.4. The van der Waals surface area contributed by atoms with Crippen LogP contribution in [0.5, 0.6) is 0 Å². The normalized spacial score (nSPS) is 23.6. The average molecular weight is 1090 g/mol. The van der Waals surface area contributed by atoms with E-state index in [1.165, 1.54) is 23.1 Å². The molecular weight excluding hydrogens is 1020 g/mol. The van der Waals surface area contributed by atoms with Crippen molar-refractivity contribution in [3.05, 3.63) is 124 Å². The van der Waals surface area contributed by atoms with Gasteiger partial charge in [-0.3, -0.25) is 38.6 Å². The van der Waals surface area contributed by atoms with E-state index in [4.69, 9.17) is 9.47 Å². The molecule has 4 aromatic rings. The highest BCUT2D eigenvalue weighted by Crippen LogP contribution is 2.42. The van der Waals surface area contributed by atoms with E-state index >= 15 is 18.4 Å². The lowest BCUT2D eigenvalue weighted by Gasteiger charge is -2.46. The number of para-hydroxylation sites is 1. The number of ketones is 1. The van der Waals surface area contributed by atoms with Crippen LogP contribution >= 0.6 is 0 Å². The van der Waals surface area contributed by atoms with Crippen molar-refractivity contribution in [3.63, 3.8) is 0 Å². The Kier molecular flexibility index (Phi) is 17.8. The fourth-order valence-electron chi connectivity index (χ4n) is 11.7. The van der Waals surface area contributed by atoms with Gasteiger partial charge in [-0.15, -0.1) is 0 Å². The highest BCUT2D eigenvalue weighted by molar-refractivity contribution is 6.17. The second-order valence-corrected chi connectivity index (χ2v) is 21.6. The first kappa shape index (κ1) is 57.0. The van der Waals surface area contributed by atoms with Crippen molar-refractivity contribution >= 4 is 52.4 Å². The Morgan fingerprint density at radius 1 is 0.861 bits per heavy atom. The van der Waals surface area contributed by atoms with Crippen LogP contribution in [0, 0.1) is 23.4 Å². The standard InChI is InChI=1S/C58H71F3N10O8/c1-33-28-70(43(26-63-33)30-69-19-22-79-31-34(69)2)36(4)53(73)58(32-65-48-24-38(11-16-45(48)58)23-37-9-13-41(59)14-10-37)57(77)64-27-49(72)66-42-15-12-40-29-71(52(44(40)25-42)55(75)68-51-46(60)7-6-8-47(51)61)56(76)50(39-17-20-78-21-18-39)67-54(74)35(3)62-5/h6-16,24-25,33-36,39,43,50,52,62-63,65H,17-23,26-32H2,1-5H3,(H,64,77)(H,66,72)(H,67,74)(H,68,75)/t33-,34-,35+,36+,43-,50+,52+,58-/m1/s1. The Bertz CT molecular complexity index is 2910. The van der Waals surface area contributed by atoms with Gasteiger partial charge < -0.3 is 51.6 Å². The van der Waals surface area contributed by atoms with Gasteiger partial charge in [0.15, 0.2) is 11.2 Å². The fourth-order valence-corrected chi connectivity index (χ4v) is 11.7. The van der Waals surface area contributed by atoms with Gasteiger partial charge in [0, 0.05) is 87.5 Å². The first-order valence-corrected chi connectivity index (χ1v) is 27.2. The van der Waals surface area contributed by atoms with Crippen molar-refractivity contribution in [3.8, 4) is 0 Å². The summed E-state index contributed by atoms with van der Waals surface area (Å²) in [5.74, 6) is -6.48. The van der Waals surface area contributed by atoms with Gasteiger partial charge >= 0.3 is 0 Å². The summed E-state index contributed by atoms with van der Waals surface area (Å²) in [6, 6.07) is 15.7. The highest BCUT2D eigenvalue weighted by atomic mass is 19.1. The molecule has 4 aromatic carbocycles. The monoisotopic (exact) mass is 1090 g/mol. The molecule has 3 fully saturated rings. The van der Waals surface area contributed by atoms with Crippen LogP contribution in [0.1, 0.15) is 74.4 Å². The van der Waals surface area contributed by atoms with Crippen molar-refractivity contribution < 1.29 is 51.4 Å². The second-order valence-electron chi connectivity index (χ2n) is 21.6. The maximum absolute atomic E-state index is 15.5. The number of piperazine rings is 1. The Morgan fingerprint density at radius 2 is 1.59 bits per heavy atom. The van der Waals surface area contributed by atoms with E-state index < -0.39 is 83.0 Å². The number of halogens is 3. The minimum absolute atomic E-state index is 0.0568. The number of hydrogen-bond donors (Lipinski definition) is 7. The van der Waals surface area contributed by atoms with Gasteiger partial charge in [-0.25, -0.2) is 13.2 Å². The molecule has 0 spiro atoms. The number of benzene rings is 4. The number of nitrogens with one attached hydrogen (secondary N) is 7. The molecule has 0 bridgehead atoms. The average Bonchev–Trinajstić information content (AvgIpc) is 4.27. The number of ether oxygens (including phenoxy) is 2. The maximum Gasteiger partial charge on any atom is 0.252 e. The predicted octanol–water partition coefficient (Wildman–Crippen LogP) is 3.99. The van der Waals surface area contributed by atoms with Gasteiger partial charge in [-0.2, -0.15) is 0 Å². The third-order valence-corrected chi connectivity index (χ3v) is 16.4. The minimum Gasteiger partial charge on any atom is -0.383 e. The molecule has 5 heterocycles. The first-order chi connectivity index (χ1) is 37.9. The molecule has 9 rings (SSSR count). The van der Waals surface area contributed by atoms with Gasteiger partial charge in [0.1, 0.15) is 35.2 Å². The SMILES string of the molecule is CN[C@@H](C)C(=O)N[C@H](C(=O)N1Cc2ccc(NC(=O)CNC(=O)[C@]3(C(=O)[C@H](C)N4C[C@@H](C)NC[C@@H]4CN4CCOC[C@H]4C)CNc4cc(Cc5ccc(F)cc5)ccc43)cc2[C@H]1C(=O)Nc1c(F)cccc1F)C1CCOCC1. The van der Waals surface area contributed by atoms with E-state index in [0.717, 1.165) is 35.9 Å². The summed E-state index contributed by atoms with van der Waals surface area (Å²) < 4.78 is 55.2. The Labute approximate surface area is 458 Å². The second kappa shape index (κ2) is 24.7. The van der Waals surface area contributed by atoms with Crippen LogP contribution in [-0.2, 0) is 56.6 Å². The summed E-state index contributed by atoms with van der Waals surface area (Å²) in [6.07, 6.45) is 1.35. The van der Waals surface area contributed by atoms with Gasteiger partial charge in [-0.05, 0) is 125 Å². The molecule has 0 unspecified atom stereocenters. The minimum atomic E-state index is -1.77. The van der Waals surface area contributed by atoms with Crippen molar-refractivity contribution in [2.45, 2.75) is 101 Å². The lowest BCUT2D eigenvalue weighted by Crippen LogP contribution is -2.66. The molecule has 18 nitrogen and oxygen atoms in total. The van der Waals surface area contributed by atoms with E-state index in [0.29, 0.717) is 82.1 Å². The number of fused-ring (bicyclic) bond motifs is 2. The van der Waals surface area contributed by atoms with Crippen LogP contribution in [-0.4, -0.2) is 159 Å². The number of Topliss-reactive ketones (excluding diaryl/α,β-unsaturated/α-hetero) is 1. The molecule has 5 aliphatic heterocycles. The molecule has 21 heteroatoms. The number of anilines is 3. The van der Waals surface area contributed by atoms with E-state index in [-0.39, 0.29) is 60.0 Å². The molecule has 0 aromatic heterocycles. The Balaban J connectivity index is 0.975. The molecule has 8 atom stereocenters. The first-order valence-electron chi connectivity index (χ1n) is 27.2. The van der Waals surface area contributed by atoms with Gasteiger partial charge in [0.05, 0.1) is 31.8 Å². The molecule has 5 aliphatic rings. The zero-order chi connectivity index (χ0) is 56.1. The number of carbonyl (C=O) groups is 6. The Morgan fingerprint density at radius 3 is 2.32 bits per heavy atom. The highest BCUT2D eigenvalue weighted by Gasteiger charge is 2.55. The number of carbonyl (C=O) groups excluding carboxylic acids is 6. The summed E-state index contributed by atoms with van der Waals surface area (Å²) in [7, 11) is 1.61. The van der Waals surface area contributed by atoms with Gasteiger partial charge in [0.2, 0.25) is 23.6 Å².